The summed E-state index contributed by atoms with van der Waals surface area (Å²) in [4.78, 5) is 24.8. The first-order valence-corrected chi connectivity index (χ1v) is 10.4. The number of fused-ring (bicyclic) bond motifs is 1. The van der Waals surface area contributed by atoms with E-state index >= 15 is 0 Å². The van der Waals surface area contributed by atoms with Gasteiger partial charge in [-0.3, -0.25) is 9.59 Å². The molecule has 0 fully saturated rings. The van der Waals surface area contributed by atoms with Crippen LogP contribution in [0.1, 0.15) is 35.3 Å². The van der Waals surface area contributed by atoms with Gasteiger partial charge in [-0.15, -0.1) is 0 Å². The molecule has 0 bridgehead atoms. The van der Waals surface area contributed by atoms with Gasteiger partial charge in [0.1, 0.15) is 16.4 Å². The number of sulfonamides is 1. The Morgan fingerprint density at radius 3 is 2.52 bits per heavy atom. The van der Waals surface area contributed by atoms with E-state index in [-0.39, 0.29) is 29.3 Å². The second kappa shape index (κ2) is 8.12. The molecule has 2 aromatic carbocycles. The second-order valence-electron chi connectivity index (χ2n) is 6.53. The van der Waals surface area contributed by atoms with Gasteiger partial charge in [-0.1, -0.05) is 12.1 Å². The molecule has 0 aliphatic carbocycles. The van der Waals surface area contributed by atoms with Crippen molar-refractivity contribution in [3.8, 4) is 11.5 Å². The van der Waals surface area contributed by atoms with Crippen molar-refractivity contribution in [1.29, 1.82) is 0 Å². The summed E-state index contributed by atoms with van der Waals surface area (Å²) in [6.07, 6.45) is -0.157. The van der Waals surface area contributed by atoms with Gasteiger partial charge < -0.3 is 14.8 Å². The molecule has 1 N–H and O–H groups in total. The van der Waals surface area contributed by atoms with Crippen molar-refractivity contribution in [1.82, 2.24) is 9.62 Å². The Bertz CT molecular complexity index is 1050. The Balaban J connectivity index is 1.67. The molecule has 0 unspecified atom stereocenters. The third-order valence-corrected chi connectivity index (χ3v) is 6.58. The van der Waals surface area contributed by atoms with Crippen LogP contribution in [-0.2, 0) is 14.8 Å². The molecular formula is C20H22N2O6S. The standard InChI is InChI=1S/C20H22N2O6S/c1-13(16-12-14(27-2)8-9-17(16)28-3)21-19(23)10-11-22-20(24)15-6-4-5-7-18(15)29(22,25)26/h4-9,12-13H,10-11H2,1-3H3,(H,21,23)/t13-/m1/s1. The van der Waals surface area contributed by atoms with Gasteiger partial charge in [-0.25, -0.2) is 12.7 Å². The number of amides is 2. The van der Waals surface area contributed by atoms with Crippen LogP contribution in [0.2, 0.25) is 0 Å². The molecule has 2 amide bonds. The van der Waals surface area contributed by atoms with Crippen molar-refractivity contribution in [2.45, 2.75) is 24.3 Å². The van der Waals surface area contributed by atoms with Crippen LogP contribution in [-0.4, -0.2) is 45.3 Å². The largest absolute Gasteiger partial charge is 0.497 e. The molecule has 0 saturated carbocycles. The van der Waals surface area contributed by atoms with Gasteiger partial charge in [-0.05, 0) is 37.3 Å². The smallest absolute Gasteiger partial charge is 0.269 e. The number of carbonyl (C=O) groups is 2. The Labute approximate surface area is 169 Å². The van der Waals surface area contributed by atoms with Crippen molar-refractivity contribution in [2.24, 2.45) is 0 Å². The van der Waals surface area contributed by atoms with Crippen LogP contribution in [0.5, 0.6) is 11.5 Å². The number of ether oxygens (including phenoxy) is 2. The summed E-state index contributed by atoms with van der Waals surface area (Å²) in [7, 11) is -0.853. The molecule has 0 radical (unpaired) electrons. The van der Waals surface area contributed by atoms with Crippen molar-refractivity contribution in [2.75, 3.05) is 20.8 Å². The second-order valence-corrected chi connectivity index (χ2v) is 8.36. The zero-order valence-electron chi connectivity index (χ0n) is 16.3. The molecule has 8 nitrogen and oxygen atoms in total. The van der Waals surface area contributed by atoms with Crippen LogP contribution in [0.15, 0.2) is 47.4 Å². The number of hydrogen-bond acceptors (Lipinski definition) is 6. The summed E-state index contributed by atoms with van der Waals surface area (Å²) in [5.74, 6) is 0.206. The highest BCUT2D eigenvalue weighted by Gasteiger charge is 2.40. The lowest BCUT2D eigenvalue weighted by Gasteiger charge is -2.19. The average Bonchev–Trinajstić information content (AvgIpc) is 2.91. The molecule has 2 aromatic rings. The zero-order valence-corrected chi connectivity index (χ0v) is 17.2. The highest BCUT2D eigenvalue weighted by atomic mass is 32.2. The van der Waals surface area contributed by atoms with Crippen molar-refractivity contribution in [3.63, 3.8) is 0 Å². The SMILES string of the molecule is COc1ccc(OC)c([C@@H](C)NC(=O)CCN2C(=O)c3ccccc3S2(=O)=O)c1. The predicted molar refractivity (Wildman–Crippen MR) is 105 cm³/mol. The summed E-state index contributed by atoms with van der Waals surface area (Å²) in [5, 5.41) is 2.80. The number of benzene rings is 2. The lowest BCUT2D eigenvalue weighted by atomic mass is 10.1. The van der Waals surface area contributed by atoms with E-state index in [0.29, 0.717) is 11.5 Å². The maximum absolute atomic E-state index is 12.5. The number of carbonyl (C=O) groups excluding carboxylic acids is 2. The molecule has 29 heavy (non-hydrogen) atoms. The molecule has 1 aliphatic heterocycles. The van der Waals surface area contributed by atoms with E-state index in [0.717, 1.165) is 9.87 Å². The summed E-state index contributed by atoms with van der Waals surface area (Å²) >= 11 is 0. The number of nitrogens with zero attached hydrogens (tertiary/aromatic N) is 1. The third-order valence-electron chi connectivity index (χ3n) is 4.73. The van der Waals surface area contributed by atoms with Crippen LogP contribution < -0.4 is 14.8 Å². The Kier molecular flexibility index (Phi) is 5.78. The predicted octanol–water partition coefficient (Wildman–Crippen LogP) is 2.12. The first-order valence-electron chi connectivity index (χ1n) is 8.97. The fraction of sp³-hybridized carbons (Fsp3) is 0.300. The van der Waals surface area contributed by atoms with E-state index in [1.165, 1.54) is 19.2 Å². The highest BCUT2D eigenvalue weighted by Crippen LogP contribution is 2.31. The van der Waals surface area contributed by atoms with Gasteiger partial charge in [0.25, 0.3) is 15.9 Å². The maximum Gasteiger partial charge on any atom is 0.269 e. The highest BCUT2D eigenvalue weighted by molar-refractivity contribution is 7.90. The fourth-order valence-corrected chi connectivity index (χ4v) is 4.79. The molecule has 1 heterocycles. The van der Waals surface area contributed by atoms with E-state index in [9.17, 15) is 18.0 Å². The molecular weight excluding hydrogens is 396 g/mol. The quantitative estimate of drug-likeness (QED) is 0.739. The molecule has 1 aliphatic rings. The van der Waals surface area contributed by atoms with Crippen LogP contribution >= 0.6 is 0 Å². The summed E-state index contributed by atoms with van der Waals surface area (Å²) in [6.45, 7) is 1.55. The molecule has 0 spiro atoms. The lowest BCUT2D eigenvalue weighted by molar-refractivity contribution is -0.121. The molecule has 154 valence electrons. The summed E-state index contributed by atoms with van der Waals surface area (Å²) in [5.41, 5.74) is 0.847. The molecule has 0 saturated heterocycles. The first kappa shape index (κ1) is 20.7. The van der Waals surface area contributed by atoms with Gasteiger partial charge in [-0.2, -0.15) is 0 Å². The van der Waals surface area contributed by atoms with Crippen LogP contribution in [0, 0.1) is 0 Å². The molecule has 1 atom stereocenters. The zero-order chi connectivity index (χ0) is 21.2. The minimum absolute atomic E-state index is 0.0279. The molecule has 3 rings (SSSR count). The minimum atomic E-state index is -3.92. The van der Waals surface area contributed by atoms with Crippen molar-refractivity contribution >= 4 is 21.8 Å². The lowest BCUT2D eigenvalue weighted by Crippen LogP contribution is -2.35. The normalized spacial score (nSPS) is 15.6. The van der Waals surface area contributed by atoms with E-state index in [4.69, 9.17) is 9.47 Å². The van der Waals surface area contributed by atoms with Crippen molar-refractivity contribution in [3.05, 3.63) is 53.6 Å². The Hall–Kier alpha value is -3.07. The van der Waals surface area contributed by atoms with Gasteiger partial charge in [0.15, 0.2) is 0 Å². The first-order chi connectivity index (χ1) is 13.8. The van der Waals surface area contributed by atoms with Gasteiger partial charge in [0.05, 0.1) is 25.8 Å². The van der Waals surface area contributed by atoms with E-state index in [1.54, 1.807) is 44.4 Å². The topological polar surface area (TPSA) is 102 Å². The Morgan fingerprint density at radius 2 is 1.86 bits per heavy atom. The van der Waals surface area contributed by atoms with Gasteiger partial charge in [0, 0.05) is 18.5 Å². The van der Waals surface area contributed by atoms with Gasteiger partial charge in [0.2, 0.25) is 5.91 Å². The van der Waals surface area contributed by atoms with E-state index < -0.39 is 22.0 Å². The van der Waals surface area contributed by atoms with E-state index in [2.05, 4.69) is 5.32 Å². The van der Waals surface area contributed by atoms with Gasteiger partial charge >= 0.3 is 0 Å². The Morgan fingerprint density at radius 1 is 1.14 bits per heavy atom. The number of hydrogen-bond donors (Lipinski definition) is 1. The minimum Gasteiger partial charge on any atom is -0.497 e. The monoisotopic (exact) mass is 418 g/mol. The summed E-state index contributed by atoms with van der Waals surface area (Å²) in [6, 6.07) is 10.9. The van der Waals surface area contributed by atoms with E-state index in [1.807, 2.05) is 0 Å². The third kappa shape index (κ3) is 3.91. The molecule has 0 aromatic heterocycles. The molecule has 9 heteroatoms. The van der Waals surface area contributed by atoms with Crippen LogP contribution in [0.25, 0.3) is 0 Å². The summed E-state index contributed by atoms with van der Waals surface area (Å²) < 4.78 is 36.4. The number of rotatable bonds is 7. The number of nitrogens with one attached hydrogen (secondary N) is 1. The van der Waals surface area contributed by atoms with Crippen LogP contribution in [0.4, 0.5) is 0 Å². The average molecular weight is 418 g/mol. The fourth-order valence-electron chi connectivity index (χ4n) is 3.22. The van der Waals surface area contributed by atoms with Crippen molar-refractivity contribution < 1.29 is 27.5 Å². The van der Waals surface area contributed by atoms with Crippen LogP contribution in [0.3, 0.4) is 0 Å². The number of methoxy groups -OCH3 is 2. The maximum atomic E-state index is 12.5.